The van der Waals surface area contributed by atoms with Gasteiger partial charge < -0.3 is 56.5 Å². The molecule has 12 atom stereocenters. The van der Waals surface area contributed by atoms with Crippen molar-refractivity contribution in [2.24, 2.45) is 29.2 Å². The Balaban J connectivity index is 2.36. The van der Waals surface area contributed by atoms with E-state index in [9.17, 15) is 30.3 Å². The topological polar surface area (TPSA) is 210 Å². The molecule has 5 unspecified atom stereocenters. The van der Waals surface area contributed by atoms with Crippen molar-refractivity contribution in [2.45, 2.75) is 128 Å². The maximum Gasteiger partial charge on any atom is 0.228 e. The molecular weight excluding hydrogens is 510 g/mol. The largest absolute Gasteiger partial charge is 0.393 e. The van der Waals surface area contributed by atoms with Gasteiger partial charge in [-0.3, -0.25) is 4.79 Å². The molecule has 1 amide bonds. The molecule has 10 N–H and O–H groups in total. The SMILES string of the molecule is CC(C)/C=C/[C@@H](C[C@@H]1O[C@](O)(C[C@@H](O)C(C)C)C[C@H](O)[C@H]1C(=O)NC[C@@H](C)N)OC1OC(C)C(O)C(N)C1O. The molecule has 39 heavy (non-hydrogen) atoms. The van der Waals surface area contributed by atoms with Crippen LogP contribution < -0.4 is 16.8 Å². The standard InChI is InChI=1S/C27H51N3O9/c1-13(2)7-8-17(38-26-24(34)22(29)23(33)16(6)37-26)9-20-21(25(35)30-12-15(5)28)19(32)11-27(36,39-20)10-18(31)14(3)4/h7-8,13-24,26,31-34,36H,9-12,28-29H2,1-6H3,(H,30,35)/b8-7+/t15-,16?,17+,18-,19+,20+,21-,22?,23?,24?,26?,27-/m1/s1. The normalized spacial score (nSPS) is 38.2. The molecule has 0 radical (unpaired) electrons. The second-order valence-electron chi connectivity index (χ2n) is 11.9. The van der Waals surface area contributed by atoms with Gasteiger partial charge in [0.2, 0.25) is 5.91 Å². The van der Waals surface area contributed by atoms with E-state index in [2.05, 4.69) is 5.32 Å². The lowest BCUT2D eigenvalue weighted by Crippen LogP contribution is -2.62. The minimum Gasteiger partial charge on any atom is -0.393 e. The molecule has 0 bridgehead atoms. The van der Waals surface area contributed by atoms with E-state index in [-0.39, 0.29) is 43.7 Å². The summed E-state index contributed by atoms with van der Waals surface area (Å²) in [5, 5.41) is 56.3. The summed E-state index contributed by atoms with van der Waals surface area (Å²) in [5.74, 6) is -3.48. The third-order valence-corrected chi connectivity index (χ3v) is 7.29. The number of aliphatic hydroxyl groups excluding tert-OH is 4. The van der Waals surface area contributed by atoms with Crippen LogP contribution in [0.3, 0.4) is 0 Å². The van der Waals surface area contributed by atoms with Crippen LogP contribution in [0.4, 0.5) is 0 Å². The average molecular weight is 562 g/mol. The molecule has 228 valence electrons. The average Bonchev–Trinajstić information content (AvgIpc) is 2.82. The van der Waals surface area contributed by atoms with E-state index in [0.717, 1.165) is 0 Å². The highest BCUT2D eigenvalue weighted by Gasteiger charge is 2.50. The van der Waals surface area contributed by atoms with Gasteiger partial charge in [-0.05, 0) is 25.7 Å². The maximum atomic E-state index is 13.2. The van der Waals surface area contributed by atoms with Crippen LogP contribution in [0.15, 0.2) is 12.2 Å². The number of hydrogen-bond donors (Lipinski definition) is 8. The molecule has 2 heterocycles. The Morgan fingerprint density at radius 1 is 1.15 bits per heavy atom. The van der Waals surface area contributed by atoms with Gasteiger partial charge in [0.25, 0.3) is 0 Å². The lowest BCUT2D eigenvalue weighted by atomic mass is 9.81. The van der Waals surface area contributed by atoms with Crippen molar-refractivity contribution in [1.82, 2.24) is 5.32 Å². The minimum absolute atomic E-state index is 0.00458. The van der Waals surface area contributed by atoms with Crippen LogP contribution >= 0.6 is 0 Å². The highest BCUT2D eigenvalue weighted by atomic mass is 16.7. The first-order valence-electron chi connectivity index (χ1n) is 13.9. The van der Waals surface area contributed by atoms with Crippen molar-refractivity contribution >= 4 is 5.91 Å². The number of carbonyl (C=O) groups excluding carboxylic acids is 1. The fourth-order valence-corrected chi connectivity index (χ4v) is 4.82. The highest BCUT2D eigenvalue weighted by Crippen LogP contribution is 2.38. The summed E-state index contributed by atoms with van der Waals surface area (Å²) in [6, 6.07) is -1.32. The Labute approximate surface area is 231 Å². The summed E-state index contributed by atoms with van der Waals surface area (Å²) < 4.78 is 17.9. The molecule has 12 nitrogen and oxygen atoms in total. The van der Waals surface area contributed by atoms with E-state index in [4.69, 9.17) is 25.7 Å². The Hall–Kier alpha value is -1.19. The van der Waals surface area contributed by atoms with Crippen molar-refractivity contribution in [3.63, 3.8) is 0 Å². The number of rotatable bonds is 12. The first-order chi connectivity index (χ1) is 18.0. The summed E-state index contributed by atoms with van der Waals surface area (Å²) >= 11 is 0. The monoisotopic (exact) mass is 561 g/mol. The van der Waals surface area contributed by atoms with Gasteiger partial charge in [-0.25, -0.2) is 0 Å². The molecule has 2 aliphatic heterocycles. The molecule has 0 saturated carbocycles. The highest BCUT2D eigenvalue weighted by molar-refractivity contribution is 5.80. The molecule has 0 aromatic heterocycles. The molecule has 2 saturated heterocycles. The van der Waals surface area contributed by atoms with Gasteiger partial charge in [0.15, 0.2) is 12.1 Å². The van der Waals surface area contributed by atoms with Gasteiger partial charge in [-0.15, -0.1) is 0 Å². The fraction of sp³-hybridized carbons (Fsp3) is 0.889. The van der Waals surface area contributed by atoms with Crippen molar-refractivity contribution in [3.05, 3.63) is 12.2 Å². The number of allylic oxidation sites excluding steroid dienone is 1. The maximum absolute atomic E-state index is 13.2. The lowest BCUT2D eigenvalue weighted by molar-refractivity contribution is -0.307. The number of hydrogen-bond acceptors (Lipinski definition) is 11. The summed E-state index contributed by atoms with van der Waals surface area (Å²) in [5.41, 5.74) is 11.8. The second-order valence-corrected chi connectivity index (χ2v) is 11.9. The third-order valence-electron chi connectivity index (χ3n) is 7.29. The van der Waals surface area contributed by atoms with Gasteiger partial charge in [0.05, 0.1) is 48.6 Å². The minimum atomic E-state index is -1.89. The van der Waals surface area contributed by atoms with Crippen LogP contribution in [0.5, 0.6) is 0 Å². The summed E-state index contributed by atoms with van der Waals surface area (Å²) in [6.45, 7) is 11.1. The number of carbonyl (C=O) groups is 1. The predicted octanol–water partition coefficient (Wildman–Crippen LogP) is -0.907. The van der Waals surface area contributed by atoms with Crippen LogP contribution in [-0.2, 0) is 19.0 Å². The predicted molar refractivity (Wildman–Crippen MR) is 144 cm³/mol. The van der Waals surface area contributed by atoms with Crippen molar-refractivity contribution in [3.8, 4) is 0 Å². The third kappa shape index (κ3) is 9.70. The first-order valence-corrected chi connectivity index (χ1v) is 13.9. The van der Waals surface area contributed by atoms with E-state index in [1.807, 2.05) is 19.9 Å². The summed E-state index contributed by atoms with van der Waals surface area (Å²) in [4.78, 5) is 13.2. The van der Waals surface area contributed by atoms with Crippen molar-refractivity contribution < 1.29 is 44.5 Å². The number of amides is 1. The number of nitrogens with one attached hydrogen (secondary N) is 1. The van der Waals surface area contributed by atoms with Crippen LogP contribution in [0, 0.1) is 17.8 Å². The van der Waals surface area contributed by atoms with Crippen molar-refractivity contribution in [2.75, 3.05) is 6.54 Å². The number of ether oxygens (including phenoxy) is 3. The number of nitrogens with two attached hydrogens (primary N) is 2. The molecule has 0 spiro atoms. The summed E-state index contributed by atoms with van der Waals surface area (Å²) in [7, 11) is 0. The molecule has 2 fully saturated rings. The van der Waals surface area contributed by atoms with E-state index in [1.165, 1.54) is 0 Å². The van der Waals surface area contributed by atoms with Crippen LogP contribution in [0.2, 0.25) is 0 Å². The molecule has 2 rings (SSSR count). The molecule has 2 aliphatic rings. The zero-order valence-corrected chi connectivity index (χ0v) is 24.0. The Morgan fingerprint density at radius 2 is 1.79 bits per heavy atom. The van der Waals surface area contributed by atoms with E-state index in [0.29, 0.717) is 0 Å². The molecule has 0 aromatic rings. The Bertz CT molecular complexity index is 798. The fourth-order valence-electron chi connectivity index (χ4n) is 4.82. The first kappa shape index (κ1) is 34.0. The molecule has 0 aliphatic carbocycles. The summed E-state index contributed by atoms with van der Waals surface area (Å²) in [6.07, 6.45) is -5.12. The molecule has 0 aromatic carbocycles. The van der Waals surface area contributed by atoms with E-state index in [1.54, 1.807) is 33.8 Å². The Morgan fingerprint density at radius 3 is 2.36 bits per heavy atom. The van der Waals surface area contributed by atoms with Crippen LogP contribution in [0.25, 0.3) is 0 Å². The van der Waals surface area contributed by atoms with Gasteiger partial charge in [0.1, 0.15) is 6.10 Å². The zero-order chi connectivity index (χ0) is 29.7. The van der Waals surface area contributed by atoms with Gasteiger partial charge in [-0.1, -0.05) is 39.8 Å². The van der Waals surface area contributed by atoms with E-state index < -0.39 is 72.7 Å². The van der Waals surface area contributed by atoms with E-state index >= 15 is 0 Å². The van der Waals surface area contributed by atoms with Crippen LogP contribution in [-0.4, -0.2) is 105 Å². The second kappa shape index (κ2) is 14.6. The zero-order valence-electron chi connectivity index (χ0n) is 24.0. The smallest absolute Gasteiger partial charge is 0.228 e. The van der Waals surface area contributed by atoms with Gasteiger partial charge >= 0.3 is 0 Å². The molecular formula is C27H51N3O9. The van der Waals surface area contributed by atoms with Crippen molar-refractivity contribution in [1.29, 1.82) is 0 Å². The van der Waals surface area contributed by atoms with Gasteiger partial charge in [0, 0.05) is 31.8 Å². The molecule has 12 heteroatoms. The quantitative estimate of drug-likeness (QED) is 0.137. The number of aliphatic hydroxyl groups is 5. The lowest BCUT2D eigenvalue weighted by Gasteiger charge is -2.46. The van der Waals surface area contributed by atoms with Crippen LogP contribution in [0.1, 0.15) is 60.8 Å². The Kier molecular flexibility index (Phi) is 12.8. The van der Waals surface area contributed by atoms with Gasteiger partial charge in [-0.2, -0.15) is 0 Å².